The molecule has 106 valence electrons. The fourth-order valence-corrected chi connectivity index (χ4v) is 2.05. The summed E-state index contributed by atoms with van der Waals surface area (Å²) in [6.45, 7) is 3.06. The van der Waals surface area contributed by atoms with E-state index in [9.17, 15) is 9.90 Å². The molecule has 0 saturated carbocycles. The number of rotatable bonds is 4. The first-order valence-electron chi connectivity index (χ1n) is 5.74. The van der Waals surface area contributed by atoms with Crippen molar-refractivity contribution in [2.24, 2.45) is 0 Å². The minimum Gasteiger partial charge on any atom is -0.497 e. The van der Waals surface area contributed by atoms with E-state index in [-0.39, 0.29) is 0 Å². The zero-order chi connectivity index (χ0) is 14.9. The lowest BCUT2D eigenvalue weighted by Crippen LogP contribution is -2.37. The highest BCUT2D eigenvalue weighted by molar-refractivity contribution is 9.10. The lowest BCUT2D eigenvalue weighted by Gasteiger charge is -2.20. The van der Waals surface area contributed by atoms with Gasteiger partial charge in [0.1, 0.15) is 5.75 Å². The second kappa shape index (κ2) is 5.20. The summed E-state index contributed by atoms with van der Waals surface area (Å²) >= 11 is 3.41. The number of methoxy groups -OCH3 is 1. The molecule has 1 heterocycles. The first-order valence-corrected chi connectivity index (χ1v) is 6.53. The SMILES string of the molecule is COc1ccc(Br)c(-c2nnnn2C(C)(C)C(=O)O)c1. The quantitative estimate of drug-likeness (QED) is 0.914. The summed E-state index contributed by atoms with van der Waals surface area (Å²) in [4.78, 5) is 11.4. The first kappa shape index (κ1) is 14.4. The van der Waals surface area contributed by atoms with Gasteiger partial charge in [-0.2, -0.15) is 0 Å². The van der Waals surface area contributed by atoms with Gasteiger partial charge in [-0.25, -0.2) is 9.48 Å². The molecular weight excluding hydrogens is 328 g/mol. The number of ether oxygens (including phenoxy) is 1. The highest BCUT2D eigenvalue weighted by Gasteiger charge is 2.34. The third-order valence-electron chi connectivity index (χ3n) is 2.94. The predicted octanol–water partition coefficient (Wildman–Crippen LogP) is 1.93. The number of benzene rings is 1. The van der Waals surface area contributed by atoms with Crippen molar-refractivity contribution >= 4 is 21.9 Å². The van der Waals surface area contributed by atoms with Crippen LogP contribution in [0.5, 0.6) is 5.75 Å². The topological polar surface area (TPSA) is 90.1 Å². The molecule has 0 amide bonds. The lowest BCUT2D eigenvalue weighted by molar-refractivity contribution is -0.146. The van der Waals surface area contributed by atoms with E-state index in [4.69, 9.17) is 4.74 Å². The van der Waals surface area contributed by atoms with Crippen molar-refractivity contribution in [1.29, 1.82) is 0 Å². The van der Waals surface area contributed by atoms with Crippen molar-refractivity contribution in [3.8, 4) is 17.1 Å². The molecule has 0 radical (unpaired) electrons. The van der Waals surface area contributed by atoms with Gasteiger partial charge >= 0.3 is 5.97 Å². The molecule has 0 aliphatic rings. The summed E-state index contributed by atoms with van der Waals surface area (Å²) in [5.74, 6) is -0.0425. The van der Waals surface area contributed by atoms with Gasteiger partial charge in [-0.05, 0) is 42.5 Å². The van der Waals surface area contributed by atoms with Crippen LogP contribution in [0.15, 0.2) is 22.7 Å². The number of hydrogen-bond donors (Lipinski definition) is 1. The minimum absolute atomic E-state index is 0.350. The van der Waals surface area contributed by atoms with E-state index >= 15 is 0 Å². The number of aliphatic carboxylic acids is 1. The normalized spacial score (nSPS) is 11.4. The molecule has 0 bridgehead atoms. The van der Waals surface area contributed by atoms with Gasteiger partial charge in [0.15, 0.2) is 11.4 Å². The van der Waals surface area contributed by atoms with Gasteiger partial charge in [0.05, 0.1) is 7.11 Å². The van der Waals surface area contributed by atoms with Crippen LogP contribution in [0.4, 0.5) is 0 Å². The third-order valence-corrected chi connectivity index (χ3v) is 3.63. The van der Waals surface area contributed by atoms with Gasteiger partial charge in [-0.3, -0.25) is 0 Å². The fourth-order valence-electron chi connectivity index (χ4n) is 1.62. The van der Waals surface area contributed by atoms with Crippen LogP contribution < -0.4 is 4.74 Å². The van der Waals surface area contributed by atoms with E-state index in [2.05, 4.69) is 31.5 Å². The van der Waals surface area contributed by atoms with E-state index < -0.39 is 11.5 Å². The Morgan fingerprint density at radius 2 is 2.15 bits per heavy atom. The molecule has 8 heteroatoms. The summed E-state index contributed by atoms with van der Waals surface area (Å²) in [6, 6.07) is 5.31. The number of carboxylic acid groups (broad SMARTS) is 1. The molecule has 1 N–H and O–H groups in total. The fraction of sp³-hybridized carbons (Fsp3) is 0.333. The number of carbonyl (C=O) groups is 1. The second-order valence-corrected chi connectivity index (χ2v) is 5.48. The van der Waals surface area contributed by atoms with E-state index in [1.165, 1.54) is 18.5 Å². The molecule has 7 nitrogen and oxygen atoms in total. The van der Waals surface area contributed by atoms with Gasteiger partial charge in [-0.1, -0.05) is 15.9 Å². The molecule has 1 aromatic carbocycles. The number of nitrogens with zero attached hydrogens (tertiary/aromatic N) is 4. The summed E-state index contributed by atoms with van der Waals surface area (Å²) in [5, 5.41) is 20.6. The maximum absolute atomic E-state index is 11.4. The van der Waals surface area contributed by atoms with Crippen LogP contribution in [0.2, 0.25) is 0 Å². The molecule has 2 rings (SSSR count). The number of carboxylic acids is 1. The standard InChI is InChI=1S/C12H13BrN4O3/c1-12(2,11(18)19)17-10(14-15-16-17)8-6-7(20-3)4-5-9(8)13/h4-6H,1-3H3,(H,18,19). The van der Waals surface area contributed by atoms with E-state index in [1.807, 2.05) is 0 Å². The van der Waals surface area contributed by atoms with Gasteiger partial charge in [0, 0.05) is 10.0 Å². The Bertz CT molecular complexity index is 654. The van der Waals surface area contributed by atoms with Crippen molar-refractivity contribution in [2.45, 2.75) is 19.4 Å². The maximum Gasteiger partial charge on any atom is 0.331 e. The van der Waals surface area contributed by atoms with Crippen molar-refractivity contribution in [3.63, 3.8) is 0 Å². The van der Waals surface area contributed by atoms with Crippen LogP contribution in [0.3, 0.4) is 0 Å². The van der Waals surface area contributed by atoms with E-state index in [0.29, 0.717) is 17.1 Å². The monoisotopic (exact) mass is 340 g/mol. The minimum atomic E-state index is -1.26. The Kier molecular flexibility index (Phi) is 3.76. The number of aromatic nitrogens is 4. The van der Waals surface area contributed by atoms with Crippen LogP contribution in [0, 0.1) is 0 Å². The maximum atomic E-state index is 11.4. The zero-order valence-corrected chi connectivity index (χ0v) is 12.7. The Hall–Kier alpha value is -1.96. The average Bonchev–Trinajstić information content (AvgIpc) is 2.88. The Morgan fingerprint density at radius 1 is 1.45 bits per heavy atom. The van der Waals surface area contributed by atoms with Gasteiger partial charge in [-0.15, -0.1) is 5.10 Å². The van der Waals surface area contributed by atoms with Crippen LogP contribution in [0.1, 0.15) is 13.8 Å². The van der Waals surface area contributed by atoms with Crippen LogP contribution in [0.25, 0.3) is 11.4 Å². The molecular formula is C12H13BrN4O3. The molecule has 0 fully saturated rings. The largest absolute Gasteiger partial charge is 0.497 e. The van der Waals surface area contributed by atoms with Gasteiger partial charge in [0.2, 0.25) is 0 Å². The van der Waals surface area contributed by atoms with Crippen LogP contribution >= 0.6 is 15.9 Å². The van der Waals surface area contributed by atoms with E-state index in [1.54, 1.807) is 25.3 Å². The number of hydrogen-bond acceptors (Lipinski definition) is 5. The Balaban J connectivity index is 2.61. The molecule has 0 spiro atoms. The molecule has 0 aliphatic carbocycles. The van der Waals surface area contributed by atoms with Gasteiger partial charge in [0.25, 0.3) is 0 Å². The van der Waals surface area contributed by atoms with E-state index in [0.717, 1.165) is 4.47 Å². The highest BCUT2D eigenvalue weighted by Crippen LogP contribution is 2.32. The van der Waals surface area contributed by atoms with Gasteiger partial charge < -0.3 is 9.84 Å². The third kappa shape index (κ3) is 2.38. The first-order chi connectivity index (χ1) is 9.37. The molecule has 2 aromatic rings. The molecule has 0 atom stereocenters. The van der Waals surface area contributed by atoms with Crippen LogP contribution in [-0.4, -0.2) is 38.4 Å². The average molecular weight is 341 g/mol. The molecule has 1 aromatic heterocycles. The Labute approximate surface area is 123 Å². The molecule has 0 aliphatic heterocycles. The van der Waals surface area contributed by atoms with Crippen molar-refractivity contribution in [2.75, 3.05) is 7.11 Å². The highest BCUT2D eigenvalue weighted by atomic mass is 79.9. The Morgan fingerprint density at radius 3 is 2.75 bits per heavy atom. The van der Waals surface area contributed by atoms with Crippen molar-refractivity contribution < 1.29 is 14.6 Å². The number of halogens is 1. The summed E-state index contributed by atoms with van der Waals surface area (Å²) in [6.07, 6.45) is 0. The second-order valence-electron chi connectivity index (χ2n) is 4.62. The lowest BCUT2D eigenvalue weighted by atomic mass is 10.1. The van der Waals surface area contributed by atoms with Crippen LogP contribution in [-0.2, 0) is 10.3 Å². The summed E-state index contributed by atoms with van der Waals surface area (Å²) in [5.41, 5.74) is -0.606. The summed E-state index contributed by atoms with van der Waals surface area (Å²) in [7, 11) is 1.55. The zero-order valence-electron chi connectivity index (χ0n) is 11.2. The molecule has 20 heavy (non-hydrogen) atoms. The number of tetrazole rings is 1. The predicted molar refractivity (Wildman–Crippen MR) is 74.5 cm³/mol. The smallest absolute Gasteiger partial charge is 0.331 e. The molecule has 0 unspecified atom stereocenters. The van der Waals surface area contributed by atoms with Crippen molar-refractivity contribution in [3.05, 3.63) is 22.7 Å². The summed E-state index contributed by atoms with van der Waals surface area (Å²) < 4.78 is 7.18. The van der Waals surface area contributed by atoms with Crippen molar-refractivity contribution in [1.82, 2.24) is 20.2 Å². The molecule has 0 saturated heterocycles.